The van der Waals surface area contributed by atoms with Crippen LogP contribution < -0.4 is 5.32 Å². The smallest absolute Gasteiger partial charge is 0.136 e. The molecule has 0 radical (unpaired) electrons. The summed E-state index contributed by atoms with van der Waals surface area (Å²) >= 11 is 0. The lowest BCUT2D eigenvalue weighted by atomic mass is 10.2. The van der Waals surface area contributed by atoms with Crippen LogP contribution in [0.5, 0.6) is 0 Å². The van der Waals surface area contributed by atoms with Gasteiger partial charge in [0.05, 0.1) is 11.9 Å². The third-order valence-electron chi connectivity index (χ3n) is 3.73. The standard InChI is InChI=1S/C14H19N3/c1-11(16-12-6-2-3-7-12)13-10-15-14-8-4-5-9-17(13)14/h4-5,8-12,16H,2-3,6-7H2,1H3. The largest absolute Gasteiger partial charge is 0.306 e. The van der Waals surface area contributed by atoms with Gasteiger partial charge in [-0.25, -0.2) is 4.98 Å². The molecule has 1 N–H and O–H groups in total. The number of aromatic nitrogens is 2. The molecule has 1 aliphatic rings. The Morgan fingerprint density at radius 2 is 2.18 bits per heavy atom. The first-order valence-electron chi connectivity index (χ1n) is 6.52. The van der Waals surface area contributed by atoms with Crippen molar-refractivity contribution in [3.05, 3.63) is 36.3 Å². The van der Waals surface area contributed by atoms with Crippen molar-refractivity contribution in [2.75, 3.05) is 0 Å². The number of hydrogen-bond acceptors (Lipinski definition) is 2. The second-order valence-corrected chi connectivity index (χ2v) is 4.98. The normalized spacial score (nSPS) is 18.9. The van der Waals surface area contributed by atoms with E-state index in [9.17, 15) is 0 Å². The molecule has 1 saturated carbocycles. The first-order chi connectivity index (χ1) is 8.34. The molecule has 2 aromatic rings. The molecule has 0 amide bonds. The fourth-order valence-electron chi connectivity index (χ4n) is 2.80. The monoisotopic (exact) mass is 229 g/mol. The van der Waals surface area contributed by atoms with Crippen LogP contribution in [0.2, 0.25) is 0 Å². The van der Waals surface area contributed by atoms with Gasteiger partial charge in [-0.15, -0.1) is 0 Å². The van der Waals surface area contributed by atoms with Gasteiger partial charge in [0.2, 0.25) is 0 Å². The van der Waals surface area contributed by atoms with E-state index < -0.39 is 0 Å². The molecule has 1 unspecified atom stereocenters. The summed E-state index contributed by atoms with van der Waals surface area (Å²) in [5.41, 5.74) is 2.29. The Bertz CT molecular complexity index is 497. The zero-order valence-electron chi connectivity index (χ0n) is 10.3. The van der Waals surface area contributed by atoms with E-state index in [1.165, 1.54) is 31.4 Å². The molecule has 17 heavy (non-hydrogen) atoms. The Labute approximate surface area is 102 Å². The predicted molar refractivity (Wildman–Crippen MR) is 69.0 cm³/mol. The maximum Gasteiger partial charge on any atom is 0.136 e. The average molecular weight is 229 g/mol. The van der Waals surface area contributed by atoms with Crippen molar-refractivity contribution in [2.45, 2.75) is 44.7 Å². The van der Waals surface area contributed by atoms with E-state index in [0.29, 0.717) is 12.1 Å². The highest BCUT2D eigenvalue weighted by atomic mass is 15.1. The summed E-state index contributed by atoms with van der Waals surface area (Å²) in [5, 5.41) is 3.71. The Hall–Kier alpha value is -1.35. The number of nitrogens with one attached hydrogen (secondary N) is 1. The molecule has 2 aromatic heterocycles. The third kappa shape index (κ3) is 2.07. The number of hydrogen-bond donors (Lipinski definition) is 1. The molecule has 0 saturated heterocycles. The molecular formula is C14H19N3. The predicted octanol–water partition coefficient (Wildman–Crippen LogP) is 2.93. The highest BCUT2D eigenvalue weighted by Crippen LogP contribution is 2.22. The third-order valence-corrected chi connectivity index (χ3v) is 3.73. The average Bonchev–Trinajstić information content (AvgIpc) is 2.96. The molecule has 90 valence electrons. The van der Waals surface area contributed by atoms with E-state index in [-0.39, 0.29) is 0 Å². The van der Waals surface area contributed by atoms with Crippen molar-refractivity contribution in [1.29, 1.82) is 0 Å². The summed E-state index contributed by atoms with van der Waals surface area (Å²) in [6.45, 7) is 2.23. The van der Waals surface area contributed by atoms with Gasteiger partial charge in [0, 0.05) is 18.3 Å². The molecule has 1 fully saturated rings. The van der Waals surface area contributed by atoms with Crippen LogP contribution >= 0.6 is 0 Å². The highest BCUT2D eigenvalue weighted by molar-refractivity contribution is 5.40. The molecule has 3 rings (SSSR count). The van der Waals surface area contributed by atoms with Crippen LogP contribution in [0, 0.1) is 0 Å². The summed E-state index contributed by atoms with van der Waals surface area (Å²) in [7, 11) is 0. The Morgan fingerprint density at radius 3 is 3.00 bits per heavy atom. The summed E-state index contributed by atoms with van der Waals surface area (Å²) in [4.78, 5) is 4.44. The fourth-order valence-corrected chi connectivity index (χ4v) is 2.80. The Kier molecular flexibility index (Phi) is 2.85. The van der Waals surface area contributed by atoms with Crippen LogP contribution in [0.3, 0.4) is 0 Å². The van der Waals surface area contributed by atoms with Gasteiger partial charge in [-0.05, 0) is 31.9 Å². The van der Waals surface area contributed by atoms with Crippen molar-refractivity contribution in [1.82, 2.24) is 14.7 Å². The number of pyridine rings is 1. The molecule has 1 aliphatic carbocycles. The zero-order valence-corrected chi connectivity index (χ0v) is 10.3. The second kappa shape index (κ2) is 4.49. The Balaban J connectivity index is 1.82. The maximum atomic E-state index is 4.44. The number of imidazole rings is 1. The quantitative estimate of drug-likeness (QED) is 0.876. The van der Waals surface area contributed by atoms with Crippen molar-refractivity contribution < 1.29 is 0 Å². The topological polar surface area (TPSA) is 29.3 Å². The van der Waals surface area contributed by atoms with E-state index in [0.717, 1.165) is 5.65 Å². The minimum atomic E-state index is 0.371. The van der Waals surface area contributed by atoms with Crippen LogP contribution in [-0.4, -0.2) is 15.4 Å². The van der Waals surface area contributed by atoms with E-state index >= 15 is 0 Å². The number of rotatable bonds is 3. The maximum absolute atomic E-state index is 4.44. The fraction of sp³-hybridized carbons (Fsp3) is 0.500. The van der Waals surface area contributed by atoms with E-state index in [1.54, 1.807) is 0 Å². The molecule has 0 aromatic carbocycles. The van der Waals surface area contributed by atoms with Crippen molar-refractivity contribution in [3.63, 3.8) is 0 Å². The van der Waals surface area contributed by atoms with Gasteiger partial charge in [0.1, 0.15) is 5.65 Å². The second-order valence-electron chi connectivity index (χ2n) is 4.98. The summed E-state index contributed by atoms with van der Waals surface area (Å²) in [6.07, 6.45) is 9.46. The summed E-state index contributed by atoms with van der Waals surface area (Å²) in [6, 6.07) is 7.20. The molecule has 2 heterocycles. The lowest BCUT2D eigenvalue weighted by molar-refractivity contribution is 0.453. The number of nitrogens with zero attached hydrogens (tertiary/aromatic N) is 2. The summed E-state index contributed by atoms with van der Waals surface area (Å²) in [5.74, 6) is 0. The highest BCUT2D eigenvalue weighted by Gasteiger charge is 2.19. The van der Waals surface area contributed by atoms with Crippen molar-refractivity contribution in [2.24, 2.45) is 0 Å². The van der Waals surface area contributed by atoms with Gasteiger partial charge in [-0.2, -0.15) is 0 Å². The van der Waals surface area contributed by atoms with Gasteiger partial charge in [-0.3, -0.25) is 0 Å². The van der Waals surface area contributed by atoms with Gasteiger partial charge >= 0.3 is 0 Å². The molecule has 3 nitrogen and oxygen atoms in total. The van der Waals surface area contributed by atoms with Crippen LogP contribution in [0.25, 0.3) is 5.65 Å². The van der Waals surface area contributed by atoms with Crippen LogP contribution in [0.1, 0.15) is 44.3 Å². The van der Waals surface area contributed by atoms with Crippen molar-refractivity contribution >= 4 is 5.65 Å². The van der Waals surface area contributed by atoms with E-state index in [2.05, 4.69) is 33.9 Å². The first-order valence-corrected chi connectivity index (χ1v) is 6.52. The first kappa shape index (κ1) is 10.8. The lowest BCUT2D eigenvalue weighted by Crippen LogP contribution is -2.29. The number of fused-ring (bicyclic) bond motifs is 1. The van der Waals surface area contributed by atoms with Crippen molar-refractivity contribution in [3.8, 4) is 0 Å². The SMILES string of the molecule is CC(NC1CCCC1)c1cnc2ccccn12. The van der Waals surface area contributed by atoms with E-state index in [4.69, 9.17) is 0 Å². The summed E-state index contributed by atoms with van der Waals surface area (Å²) < 4.78 is 2.17. The molecule has 3 heteroatoms. The lowest BCUT2D eigenvalue weighted by Gasteiger charge is -2.18. The van der Waals surface area contributed by atoms with Gasteiger partial charge < -0.3 is 9.72 Å². The minimum Gasteiger partial charge on any atom is -0.306 e. The van der Waals surface area contributed by atoms with Gasteiger partial charge in [-0.1, -0.05) is 18.9 Å². The van der Waals surface area contributed by atoms with Crippen LogP contribution in [0.15, 0.2) is 30.6 Å². The van der Waals surface area contributed by atoms with Gasteiger partial charge in [0.25, 0.3) is 0 Å². The molecule has 0 bridgehead atoms. The zero-order chi connectivity index (χ0) is 11.7. The molecular weight excluding hydrogens is 210 g/mol. The molecule has 0 aliphatic heterocycles. The Morgan fingerprint density at radius 1 is 1.35 bits per heavy atom. The van der Waals surface area contributed by atoms with Crippen LogP contribution in [-0.2, 0) is 0 Å². The van der Waals surface area contributed by atoms with Crippen LogP contribution in [0.4, 0.5) is 0 Å². The molecule has 0 spiro atoms. The molecule has 1 atom stereocenters. The minimum absolute atomic E-state index is 0.371. The van der Waals surface area contributed by atoms with E-state index in [1.807, 2.05) is 18.3 Å². The van der Waals surface area contributed by atoms with Gasteiger partial charge in [0.15, 0.2) is 0 Å².